The predicted octanol–water partition coefficient (Wildman–Crippen LogP) is 2.34. The summed E-state index contributed by atoms with van der Waals surface area (Å²) in [6.07, 6.45) is 0. The Morgan fingerprint density at radius 2 is 1.58 bits per heavy atom. The second-order valence-electron chi connectivity index (χ2n) is 3.84. The van der Waals surface area contributed by atoms with Crippen LogP contribution in [0.5, 0.6) is 11.5 Å². The minimum absolute atomic E-state index is 0.168. The van der Waals surface area contributed by atoms with Gasteiger partial charge in [0.25, 0.3) is 0 Å². The minimum Gasteiger partial charge on any atom is -0.496 e. The number of rotatable bonds is 4. The summed E-state index contributed by atoms with van der Waals surface area (Å²) < 4.78 is 32.8. The first kappa shape index (κ1) is 13.4. The first-order chi connectivity index (χ1) is 9.17. The van der Waals surface area contributed by atoms with E-state index in [-0.39, 0.29) is 4.90 Å². The Morgan fingerprint density at radius 1 is 0.895 bits per heavy atom. The third-order valence-corrected chi connectivity index (χ3v) is 3.54. The predicted molar refractivity (Wildman–Crippen MR) is 73.6 cm³/mol. The van der Waals surface area contributed by atoms with Crippen molar-refractivity contribution < 1.29 is 17.9 Å². The average Bonchev–Trinajstić information content (AvgIpc) is 2.46. The molecule has 0 amide bonds. The van der Waals surface area contributed by atoms with Gasteiger partial charge in [-0.1, -0.05) is 24.3 Å². The molecule has 100 valence electrons. The highest BCUT2D eigenvalue weighted by Gasteiger charge is 2.10. The molecule has 2 aromatic carbocycles. The summed E-state index contributed by atoms with van der Waals surface area (Å²) in [5.74, 6) is 1.04. The van der Waals surface area contributed by atoms with E-state index in [2.05, 4.69) is 0 Å². The van der Waals surface area contributed by atoms with Crippen molar-refractivity contribution in [3.63, 3.8) is 0 Å². The summed E-state index contributed by atoms with van der Waals surface area (Å²) in [5.41, 5.74) is 1.61. The van der Waals surface area contributed by atoms with Crippen molar-refractivity contribution >= 4 is 10.7 Å². The summed E-state index contributed by atoms with van der Waals surface area (Å²) in [5, 5.41) is 0. The van der Waals surface area contributed by atoms with Crippen molar-refractivity contribution in [1.82, 2.24) is 0 Å². The number of para-hydroxylation sites is 1. The van der Waals surface area contributed by atoms with Gasteiger partial charge in [-0.15, -0.1) is 0 Å². The van der Waals surface area contributed by atoms with Gasteiger partial charge in [-0.3, -0.25) is 0 Å². The summed E-state index contributed by atoms with van der Waals surface area (Å²) in [6, 6.07) is 12.5. The van der Waals surface area contributed by atoms with E-state index in [9.17, 15) is 8.42 Å². The maximum Gasteiger partial charge on any atom is 0.171 e. The van der Waals surface area contributed by atoms with Gasteiger partial charge in [0.15, 0.2) is 10.7 Å². The fourth-order valence-electron chi connectivity index (χ4n) is 1.88. The van der Waals surface area contributed by atoms with Crippen molar-refractivity contribution in [2.75, 3.05) is 14.2 Å². The molecule has 0 saturated heterocycles. The molecule has 0 heterocycles. The van der Waals surface area contributed by atoms with Crippen molar-refractivity contribution in [3.8, 4) is 22.6 Å². The van der Waals surface area contributed by atoms with E-state index in [0.717, 1.165) is 11.1 Å². The third kappa shape index (κ3) is 2.71. The molecule has 0 aliphatic carbocycles. The van der Waals surface area contributed by atoms with Crippen molar-refractivity contribution in [1.29, 1.82) is 0 Å². The van der Waals surface area contributed by atoms with Crippen LogP contribution in [0.25, 0.3) is 11.1 Å². The van der Waals surface area contributed by atoms with Gasteiger partial charge in [-0.2, -0.15) is 0 Å². The number of methoxy groups -OCH3 is 2. The monoisotopic (exact) mass is 278 g/mol. The Morgan fingerprint density at radius 3 is 2.21 bits per heavy atom. The van der Waals surface area contributed by atoms with Crippen LogP contribution in [0.15, 0.2) is 47.4 Å². The van der Waals surface area contributed by atoms with E-state index < -0.39 is 10.7 Å². The lowest BCUT2D eigenvalue weighted by Crippen LogP contribution is -1.92. The largest absolute Gasteiger partial charge is 0.496 e. The quantitative estimate of drug-likeness (QED) is 0.872. The zero-order valence-electron chi connectivity index (χ0n) is 10.6. The third-order valence-electron chi connectivity index (χ3n) is 2.79. The lowest BCUT2D eigenvalue weighted by molar-refractivity contribution is 0.403. The molecule has 2 rings (SSSR count). The van der Waals surface area contributed by atoms with Crippen LogP contribution in [-0.4, -0.2) is 22.6 Å². The standard InChI is InChI=1S/C14H14O4S/c1-17-12-6-4-3-5-11(12)10-7-8-13(18-2)14(9-10)19(15)16/h3-9,19H,1-2H3. The molecular weight excluding hydrogens is 264 g/mol. The average molecular weight is 278 g/mol. The highest BCUT2D eigenvalue weighted by atomic mass is 32.2. The zero-order chi connectivity index (χ0) is 13.8. The molecule has 0 bridgehead atoms. The van der Waals surface area contributed by atoms with Crippen molar-refractivity contribution in [2.24, 2.45) is 0 Å². The molecule has 19 heavy (non-hydrogen) atoms. The van der Waals surface area contributed by atoms with Gasteiger partial charge in [-0.25, -0.2) is 8.42 Å². The molecule has 0 aromatic heterocycles. The van der Waals surface area contributed by atoms with Gasteiger partial charge in [-0.05, 0) is 23.8 Å². The second-order valence-corrected chi connectivity index (χ2v) is 4.84. The van der Waals surface area contributed by atoms with Gasteiger partial charge >= 0.3 is 0 Å². The fraction of sp³-hybridized carbons (Fsp3) is 0.143. The van der Waals surface area contributed by atoms with Gasteiger partial charge in [0.2, 0.25) is 0 Å². The second kappa shape index (κ2) is 5.75. The Kier molecular flexibility index (Phi) is 4.06. The van der Waals surface area contributed by atoms with E-state index in [4.69, 9.17) is 9.47 Å². The number of hydrogen-bond donors (Lipinski definition) is 1. The molecule has 0 fully saturated rings. The topological polar surface area (TPSA) is 52.6 Å². The Hall–Kier alpha value is -2.01. The minimum atomic E-state index is -2.71. The van der Waals surface area contributed by atoms with Crippen LogP contribution in [0.4, 0.5) is 0 Å². The van der Waals surface area contributed by atoms with E-state index in [0.29, 0.717) is 11.5 Å². The molecule has 4 nitrogen and oxygen atoms in total. The van der Waals surface area contributed by atoms with E-state index in [1.165, 1.54) is 7.11 Å². The maximum atomic E-state index is 11.2. The summed E-state index contributed by atoms with van der Waals surface area (Å²) in [4.78, 5) is 0.168. The van der Waals surface area contributed by atoms with Crippen LogP contribution in [0.1, 0.15) is 0 Å². The van der Waals surface area contributed by atoms with Crippen LogP contribution >= 0.6 is 0 Å². The van der Waals surface area contributed by atoms with Gasteiger partial charge in [0, 0.05) is 5.56 Å². The molecule has 0 aliphatic rings. The SMILES string of the molecule is COc1ccccc1-c1ccc(OC)c([SH](=O)=O)c1. The molecule has 0 radical (unpaired) electrons. The van der Waals surface area contributed by atoms with Crippen LogP contribution in [0, 0.1) is 0 Å². The molecule has 0 aliphatic heterocycles. The van der Waals surface area contributed by atoms with Gasteiger partial charge in [0.1, 0.15) is 16.4 Å². The molecule has 2 aromatic rings. The highest BCUT2D eigenvalue weighted by Crippen LogP contribution is 2.33. The first-order valence-electron chi connectivity index (χ1n) is 5.63. The Bertz CT molecular complexity index is 654. The smallest absolute Gasteiger partial charge is 0.171 e. The van der Waals surface area contributed by atoms with Gasteiger partial charge < -0.3 is 9.47 Å². The molecule has 0 atom stereocenters. The number of benzene rings is 2. The van der Waals surface area contributed by atoms with Crippen LogP contribution in [0.3, 0.4) is 0 Å². The number of thiol groups is 1. The lowest BCUT2D eigenvalue weighted by Gasteiger charge is -2.10. The Labute approximate surface area is 113 Å². The normalized spacial score (nSPS) is 10.5. The summed E-state index contributed by atoms with van der Waals surface area (Å²) in [7, 11) is 0.317. The molecule has 5 heteroatoms. The molecular formula is C14H14O4S. The maximum absolute atomic E-state index is 11.2. The van der Waals surface area contributed by atoms with Crippen LogP contribution in [-0.2, 0) is 10.7 Å². The van der Waals surface area contributed by atoms with E-state index in [1.807, 2.05) is 24.3 Å². The van der Waals surface area contributed by atoms with Crippen molar-refractivity contribution in [3.05, 3.63) is 42.5 Å². The van der Waals surface area contributed by atoms with Crippen LogP contribution < -0.4 is 9.47 Å². The van der Waals surface area contributed by atoms with E-state index in [1.54, 1.807) is 25.3 Å². The number of ether oxygens (including phenoxy) is 2. The Balaban J connectivity index is 2.60. The molecule has 0 saturated carbocycles. The first-order valence-corrected chi connectivity index (χ1v) is 6.81. The zero-order valence-corrected chi connectivity index (χ0v) is 11.5. The summed E-state index contributed by atoms with van der Waals surface area (Å²) >= 11 is 0. The molecule has 0 spiro atoms. The van der Waals surface area contributed by atoms with Crippen LogP contribution in [0.2, 0.25) is 0 Å². The lowest BCUT2D eigenvalue weighted by atomic mass is 10.0. The van der Waals surface area contributed by atoms with E-state index >= 15 is 0 Å². The van der Waals surface area contributed by atoms with Crippen molar-refractivity contribution in [2.45, 2.75) is 4.90 Å². The van der Waals surface area contributed by atoms with Gasteiger partial charge in [0.05, 0.1) is 14.2 Å². The molecule has 0 unspecified atom stereocenters. The highest BCUT2D eigenvalue weighted by molar-refractivity contribution is 7.72. The fourth-order valence-corrected chi connectivity index (χ4v) is 2.47. The molecule has 0 N–H and O–H groups in total. The number of hydrogen-bond acceptors (Lipinski definition) is 4. The summed E-state index contributed by atoms with van der Waals surface area (Å²) in [6.45, 7) is 0.